The van der Waals surface area contributed by atoms with Crippen LogP contribution in [0.15, 0.2) is 18.2 Å². The normalized spacial score (nSPS) is 21.5. The summed E-state index contributed by atoms with van der Waals surface area (Å²) in [5.41, 5.74) is 9.39. The Labute approximate surface area is 91.4 Å². The summed E-state index contributed by atoms with van der Waals surface area (Å²) in [5.74, 6) is 0. The molecule has 1 aromatic rings. The van der Waals surface area contributed by atoms with Gasteiger partial charge in [-0.2, -0.15) is 0 Å². The number of ether oxygens (including phenoxy) is 1. The number of nitrogen functional groups attached to an aromatic ring is 1. The Morgan fingerprint density at radius 2 is 2.27 bits per heavy atom. The first-order valence-electron chi connectivity index (χ1n) is 5.73. The van der Waals surface area contributed by atoms with Crippen LogP contribution in [-0.4, -0.2) is 12.7 Å². The van der Waals surface area contributed by atoms with E-state index in [2.05, 4.69) is 25.1 Å². The summed E-state index contributed by atoms with van der Waals surface area (Å²) in [6.45, 7) is 2.97. The average molecular weight is 205 g/mol. The third-order valence-electron chi connectivity index (χ3n) is 3.14. The third kappa shape index (κ3) is 2.51. The highest BCUT2D eigenvalue weighted by atomic mass is 16.5. The summed E-state index contributed by atoms with van der Waals surface area (Å²) in [4.78, 5) is 0. The summed E-state index contributed by atoms with van der Waals surface area (Å²) in [7, 11) is 0. The highest BCUT2D eigenvalue weighted by Crippen LogP contribution is 2.22. The number of para-hydroxylation sites is 1. The summed E-state index contributed by atoms with van der Waals surface area (Å²) in [6, 6.07) is 6.24. The van der Waals surface area contributed by atoms with Crippen molar-refractivity contribution in [3.8, 4) is 0 Å². The van der Waals surface area contributed by atoms with Crippen molar-refractivity contribution in [2.24, 2.45) is 0 Å². The van der Waals surface area contributed by atoms with Gasteiger partial charge in [-0.15, -0.1) is 0 Å². The quantitative estimate of drug-likeness (QED) is 0.753. The van der Waals surface area contributed by atoms with Crippen LogP contribution in [0, 0.1) is 6.92 Å². The molecule has 1 saturated heterocycles. The van der Waals surface area contributed by atoms with Crippen LogP contribution in [0.3, 0.4) is 0 Å². The van der Waals surface area contributed by atoms with E-state index in [1.807, 2.05) is 0 Å². The number of hydrogen-bond acceptors (Lipinski definition) is 2. The summed E-state index contributed by atoms with van der Waals surface area (Å²) in [5, 5.41) is 0. The van der Waals surface area contributed by atoms with Crippen molar-refractivity contribution >= 4 is 5.69 Å². The van der Waals surface area contributed by atoms with Crippen molar-refractivity contribution in [1.29, 1.82) is 0 Å². The first kappa shape index (κ1) is 10.5. The maximum atomic E-state index is 6.04. The Morgan fingerprint density at radius 1 is 1.40 bits per heavy atom. The van der Waals surface area contributed by atoms with Gasteiger partial charge in [0, 0.05) is 18.7 Å². The zero-order valence-electron chi connectivity index (χ0n) is 9.33. The molecular formula is C13H19NO. The predicted octanol–water partition coefficient (Wildman–Crippen LogP) is 2.69. The van der Waals surface area contributed by atoms with Crippen molar-refractivity contribution in [2.75, 3.05) is 12.3 Å². The second kappa shape index (κ2) is 4.67. The molecule has 1 aromatic carbocycles. The second-order valence-corrected chi connectivity index (χ2v) is 4.34. The van der Waals surface area contributed by atoms with Crippen LogP contribution in [0.25, 0.3) is 0 Å². The average Bonchev–Trinajstić information content (AvgIpc) is 2.26. The fraction of sp³-hybridized carbons (Fsp3) is 0.538. The Bertz CT molecular complexity index is 329. The Kier molecular flexibility index (Phi) is 3.27. The number of anilines is 1. The molecule has 1 aliphatic heterocycles. The van der Waals surface area contributed by atoms with Gasteiger partial charge >= 0.3 is 0 Å². The molecule has 15 heavy (non-hydrogen) atoms. The minimum absolute atomic E-state index is 0.378. The van der Waals surface area contributed by atoms with E-state index in [0.717, 1.165) is 18.7 Å². The molecule has 0 aliphatic carbocycles. The molecule has 82 valence electrons. The van der Waals surface area contributed by atoms with Gasteiger partial charge in [0.15, 0.2) is 0 Å². The van der Waals surface area contributed by atoms with E-state index in [1.54, 1.807) is 0 Å². The van der Waals surface area contributed by atoms with Gasteiger partial charge in [0.25, 0.3) is 0 Å². The lowest BCUT2D eigenvalue weighted by molar-refractivity contribution is 0.0169. The minimum atomic E-state index is 0.378. The molecule has 2 nitrogen and oxygen atoms in total. The molecule has 0 saturated carbocycles. The first-order chi connectivity index (χ1) is 7.27. The molecule has 2 heteroatoms. The molecule has 0 radical (unpaired) electrons. The van der Waals surface area contributed by atoms with E-state index < -0.39 is 0 Å². The molecule has 0 amide bonds. The van der Waals surface area contributed by atoms with Gasteiger partial charge in [-0.25, -0.2) is 0 Å². The van der Waals surface area contributed by atoms with Gasteiger partial charge in [-0.05, 0) is 37.3 Å². The largest absolute Gasteiger partial charge is 0.398 e. The molecule has 0 bridgehead atoms. The molecule has 2 rings (SSSR count). The maximum Gasteiger partial charge on any atom is 0.0616 e. The number of nitrogens with two attached hydrogens (primary N) is 1. The standard InChI is InChI=1S/C13H19NO/c1-10-5-4-6-11(13(10)14)9-12-7-2-3-8-15-12/h4-6,12H,2-3,7-9,14H2,1H3. The zero-order chi connectivity index (χ0) is 10.7. The molecule has 0 aromatic heterocycles. The Balaban J connectivity index is 2.06. The van der Waals surface area contributed by atoms with Crippen molar-refractivity contribution < 1.29 is 4.74 Å². The summed E-state index contributed by atoms with van der Waals surface area (Å²) >= 11 is 0. The van der Waals surface area contributed by atoms with Gasteiger partial charge < -0.3 is 10.5 Å². The van der Waals surface area contributed by atoms with Gasteiger partial charge in [-0.3, -0.25) is 0 Å². The van der Waals surface area contributed by atoms with Crippen LogP contribution in [0.1, 0.15) is 30.4 Å². The van der Waals surface area contributed by atoms with Crippen molar-refractivity contribution in [3.63, 3.8) is 0 Å². The molecule has 1 unspecified atom stereocenters. The molecule has 0 spiro atoms. The molecule has 2 N–H and O–H groups in total. The maximum absolute atomic E-state index is 6.04. The minimum Gasteiger partial charge on any atom is -0.398 e. The fourth-order valence-electron chi connectivity index (χ4n) is 2.13. The van der Waals surface area contributed by atoms with E-state index in [4.69, 9.17) is 10.5 Å². The zero-order valence-corrected chi connectivity index (χ0v) is 9.33. The van der Waals surface area contributed by atoms with Crippen LogP contribution in [-0.2, 0) is 11.2 Å². The second-order valence-electron chi connectivity index (χ2n) is 4.34. The van der Waals surface area contributed by atoms with Gasteiger partial charge in [0.05, 0.1) is 6.10 Å². The lowest BCUT2D eigenvalue weighted by atomic mass is 9.98. The number of aryl methyl sites for hydroxylation is 1. The Morgan fingerprint density at radius 3 is 3.00 bits per heavy atom. The van der Waals surface area contributed by atoms with Gasteiger partial charge in [-0.1, -0.05) is 18.2 Å². The number of hydrogen-bond donors (Lipinski definition) is 1. The molecule has 1 aliphatic rings. The van der Waals surface area contributed by atoms with Crippen LogP contribution in [0.4, 0.5) is 5.69 Å². The van der Waals surface area contributed by atoms with E-state index in [-0.39, 0.29) is 0 Å². The smallest absolute Gasteiger partial charge is 0.0616 e. The van der Waals surface area contributed by atoms with E-state index >= 15 is 0 Å². The van der Waals surface area contributed by atoms with Gasteiger partial charge in [0.1, 0.15) is 0 Å². The van der Waals surface area contributed by atoms with Crippen LogP contribution < -0.4 is 5.73 Å². The number of rotatable bonds is 2. The number of benzene rings is 1. The topological polar surface area (TPSA) is 35.2 Å². The SMILES string of the molecule is Cc1cccc(CC2CCCCO2)c1N. The summed E-state index contributed by atoms with van der Waals surface area (Å²) < 4.78 is 5.72. The molecular weight excluding hydrogens is 186 g/mol. The predicted molar refractivity (Wildman–Crippen MR) is 62.9 cm³/mol. The highest BCUT2D eigenvalue weighted by Gasteiger charge is 2.15. The van der Waals surface area contributed by atoms with Gasteiger partial charge in [0.2, 0.25) is 0 Å². The first-order valence-corrected chi connectivity index (χ1v) is 5.73. The Hall–Kier alpha value is -1.02. The lowest BCUT2D eigenvalue weighted by Gasteiger charge is -2.23. The third-order valence-corrected chi connectivity index (χ3v) is 3.14. The van der Waals surface area contributed by atoms with E-state index in [9.17, 15) is 0 Å². The molecule has 1 atom stereocenters. The van der Waals surface area contributed by atoms with Crippen molar-refractivity contribution in [1.82, 2.24) is 0 Å². The van der Waals surface area contributed by atoms with Crippen LogP contribution in [0.5, 0.6) is 0 Å². The molecule has 1 fully saturated rings. The van der Waals surface area contributed by atoms with Crippen molar-refractivity contribution in [2.45, 2.75) is 38.7 Å². The fourth-order valence-corrected chi connectivity index (χ4v) is 2.13. The van der Waals surface area contributed by atoms with Crippen LogP contribution >= 0.6 is 0 Å². The monoisotopic (exact) mass is 205 g/mol. The summed E-state index contributed by atoms with van der Waals surface area (Å²) in [6.07, 6.45) is 5.01. The van der Waals surface area contributed by atoms with E-state index in [0.29, 0.717) is 6.10 Å². The highest BCUT2D eigenvalue weighted by molar-refractivity contribution is 5.53. The van der Waals surface area contributed by atoms with Crippen LogP contribution in [0.2, 0.25) is 0 Å². The molecule has 1 heterocycles. The van der Waals surface area contributed by atoms with E-state index in [1.165, 1.54) is 30.4 Å². The van der Waals surface area contributed by atoms with Crippen molar-refractivity contribution in [3.05, 3.63) is 29.3 Å². The lowest BCUT2D eigenvalue weighted by Crippen LogP contribution is -2.21.